The highest BCUT2D eigenvalue weighted by Crippen LogP contribution is 2.38. The van der Waals surface area contributed by atoms with Gasteiger partial charge in [-0.15, -0.1) is 0 Å². The number of nitrogens with zero attached hydrogens (tertiary/aromatic N) is 1. The third kappa shape index (κ3) is 1.80. The van der Waals surface area contributed by atoms with Crippen molar-refractivity contribution >= 4 is 0 Å². The van der Waals surface area contributed by atoms with Crippen LogP contribution in [0.4, 0.5) is 0 Å². The molecule has 0 saturated carbocycles. The number of hydrogen-bond acceptors (Lipinski definition) is 1. The van der Waals surface area contributed by atoms with Crippen molar-refractivity contribution in [2.75, 3.05) is 0 Å². The molecule has 2 atom stereocenters. The molecule has 84 valence electrons. The van der Waals surface area contributed by atoms with Crippen molar-refractivity contribution in [1.29, 1.82) is 0 Å². The Balaban J connectivity index is 1.75. The molecule has 1 nitrogen and oxygen atoms in total. The average Bonchev–Trinajstić information content (AvgIpc) is 2.54. The molecule has 2 bridgehead atoms. The second-order valence-corrected chi connectivity index (χ2v) is 5.20. The molecular formula is C15H19N. The van der Waals surface area contributed by atoms with E-state index in [1.807, 2.05) is 0 Å². The lowest BCUT2D eigenvalue weighted by Gasteiger charge is -2.35. The van der Waals surface area contributed by atoms with E-state index >= 15 is 0 Å². The van der Waals surface area contributed by atoms with Crippen LogP contribution in [0.15, 0.2) is 42.5 Å². The van der Waals surface area contributed by atoms with E-state index in [1.54, 1.807) is 0 Å². The summed E-state index contributed by atoms with van der Waals surface area (Å²) in [6.07, 6.45) is 5.19. The largest absolute Gasteiger partial charge is 0.293 e. The van der Waals surface area contributed by atoms with Gasteiger partial charge in [-0.3, -0.25) is 4.90 Å². The predicted molar refractivity (Wildman–Crippen MR) is 67.2 cm³/mol. The zero-order chi connectivity index (χ0) is 11.0. The number of benzene rings is 1. The van der Waals surface area contributed by atoms with Crippen LogP contribution in [0, 0.1) is 0 Å². The molecular weight excluding hydrogens is 194 g/mol. The second-order valence-electron chi connectivity index (χ2n) is 5.20. The summed E-state index contributed by atoms with van der Waals surface area (Å²) < 4.78 is 0. The maximum absolute atomic E-state index is 4.17. The highest BCUT2D eigenvalue weighted by molar-refractivity contribution is 5.17. The second kappa shape index (κ2) is 4.06. The van der Waals surface area contributed by atoms with Crippen LogP contribution in [-0.4, -0.2) is 17.0 Å². The zero-order valence-corrected chi connectivity index (χ0v) is 9.73. The fourth-order valence-corrected chi connectivity index (χ4v) is 3.26. The molecule has 2 fully saturated rings. The summed E-state index contributed by atoms with van der Waals surface area (Å²) in [5.41, 5.74) is 2.92. The number of rotatable bonds is 2. The minimum atomic E-state index is 0.770. The van der Waals surface area contributed by atoms with Gasteiger partial charge in [0, 0.05) is 18.6 Å². The van der Waals surface area contributed by atoms with Crippen molar-refractivity contribution < 1.29 is 0 Å². The molecule has 0 spiro atoms. The van der Waals surface area contributed by atoms with Crippen LogP contribution in [0.1, 0.15) is 31.2 Å². The molecule has 2 aliphatic heterocycles. The van der Waals surface area contributed by atoms with Crippen molar-refractivity contribution in [1.82, 2.24) is 4.90 Å². The molecule has 0 aliphatic carbocycles. The summed E-state index contributed by atoms with van der Waals surface area (Å²) in [6.45, 7) is 5.30. The van der Waals surface area contributed by atoms with Crippen molar-refractivity contribution in [2.45, 2.75) is 44.3 Å². The van der Waals surface area contributed by atoms with E-state index in [0.717, 1.165) is 18.6 Å². The van der Waals surface area contributed by atoms with Crippen molar-refractivity contribution in [3.05, 3.63) is 48.0 Å². The Labute approximate surface area is 97.8 Å². The lowest BCUT2D eigenvalue weighted by molar-refractivity contribution is 0.157. The maximum atomic E-state index is 4.17. The Bertz CT molecular complexity index is 366. The smallest absolute Gasteiger partial charge is 0.0239 e. The third-order valence-corrected chi connectivity index (χ3v) is 4.03. The lowest BCUT2D eigenvalue weighted by Crippen LogP contribution is -2.39. The van der Waals surface area contributed by atoms with Crippen LogP contribution < -0.4 is 0 Å². The van der Waals surface area contributed by atoms with Crippen LogP contribution in [0.2, 0.25) is 0 Å². The maximum Gasteiger partial charge on any atom is 0.0239 e. The van der Waals surface area contributed by atoms with Crippen molar-refractivity contribution in [3.8, 4) is 0 Å². The first kappa shape index (κ1) is 10.1. The Kier molecular flexibility index (Phi) is 2.56. The van der Waals surface area contributed by atoms with E-state index in [4.69, 9.17) is 0 Å². The average molecular weight is 213 g/mol. The summed E-state index contributed by atoms with van der Waals surface area (Å²) in [4.78, 5) is 2.70. The zero-order valence-electron chi connectivity index (χ0n) is 9.73. The fourth-order valence-electron chi connectivity index (χ4n) is 3.26. The van der Waals surface area contributed by atoms with Gasteiger partial charge in [-0.25, -0.2) is 0 Å². The van der Waals surface area contributed by atoms with E-state index in [1.165, 1.54) is 36.8 Å². The van der Waals surface area contributed by atoms with Crippen molar-refractivity contribution in [2.24, 2.45) is 0 Å². The quantitative estimate of drug-likeness (QED) is 0.681. The Hall–Kier alpha value is -1.08. The number of hydrogen-bond donors (Lipinski definition) is 0. The van der Waals surface area contributed by atoms with Crippen LogP contribution in [0.5, 0.6) is 0 Å². The Morgan fingerprint density at radius 2 is 1.69 bits per heavy atom. The normalized spacial score (nSPS) is 29.6. The highest BCUT2D eigenvalue weighted by atomic mass is 15.2. The molecule has 2 saturated heterocycles. The fraction of sp³-hybridized carbons (Fsp3) is 0.467. The van der Waals surface area contributed by atoms with Gasteiger partial charge in [0.05, 0.1) is 0 Å². The van der Waals surface area contributed by atoms with Crippen molar-refractivity contribution in [3.63, 3.8) is 0 Å². The molecule has 0 amide bonds. The van der Waals surface area contributed by atoms with Crippen LogP contribution in [0.3, 0.4) is 0 Å². The van der Waals surface area contributed by atoms with Gasteiger partial charge in [-0.05, 0) is 31.2 Å². The van der Waals surface area contributed by atoms with Gasteiger partial charge in [0.25, 0.3) is 0 Å². The monoisotopic (exact) mass is 213 g/mol. The topological polar surface area (TPSA) is 3.24 Å². The van der Waals surface area contributed by atoms with E-state index in [0.29, 0.717) is 0 Å². The van der Waals surface area contributed by atoms with Gasteiger partial charge in [-0.1, -0.05) is 42.5 Å². The van der Waals surface area contributed by atoms with Crippen LogP contribution in [0.25, 0.3) is 0 Å². The molecule has 0 aromatic heterocycles. The summed E-state index contributed by atoms with van der Waals surface area (Å²) in [7, 11) is 0. The molecule has 0 N–H and O–H groups in total. The summed E-state index contributed by atoms with van der Waals surface area (Å²) in [6, 6.07) is 12.4. The minimum absolute atomic E-state index is 0.770. The third-order valence-electron chi connectivity index (χ3n) is 4.03. The van der Waals surface area contributed by atoms with Gasteiger partial charge < -0.3 is 0 Å². The SMILES string of the molecule is C=C1C[C@H]2CC[C@H](C1)N2Cc1ccccc1. The summed E-state index contributed by atoms with van der Waals surface area (Å²) in [5, 5.41) is 0. The van der Waals surface area contributed by atoms with Gasteiger partial charge in [-0.2, -0.15) is 0 Å². The highest BCUT2D eigenvalue weighted by Gasteiger charge is 2.37. The summed E-state index contributed by atoms with van der Waals surface area (Å²) in [5.74, 6) is 0. The molecule has 2 heterocycles. The van der Waals surface area contributed by atoms with E-state index < -0.39 is 0 Å². The van der Waals surface area contributed by atoms with Crippen LogP contribution in [-0.2, 0) is 6.54 Å². The molecule has 1 aromatic rings. The number of piperidine rings is 1. The molecule has 2 aliphatic rings. The first-order valence-electron chi connectivity index (χ1n) is 6.29. The Morgan fingerprint density at radius 1 is 1.06 bits per heavy atom. The Morgan fingerprint density at radius 3 is 2.31 bits per heavy atom. The van der Waals surface area contributed by atoms with Crippen LogP contribution >= 0.6 is 0 Å². The molecule has 0 radical (unpaired) electrons. The number of fused-ring (bicyclic) bond motifs is 2. The van der Waals surface area contributed by atoms with Gasteiger partial charge in [0.15, 0.2) is 0 Å². The predicted octanol–water partition coefficient (Wildman–Crippen LogP) is 3.37. The molecule has 1 heteroatoms. The van der Waals surface area contributed by atoms with E-state index in [2.05, 4.69) is 41.8 Å². The molecule has 0 unspecified atom stereocenters. The van der Waals surface area contributed by atoms with Gasteiger partial charge in [0.2, 0.25) is 0 Å². The first-order chi connectivity index (χ1) is 7.83. The van der Waals surface area contributed by atoms with E-state index in [-0.39, 0.29) is 0 Å². The van der Waals surface area contributed by atoms with Gasteiger partial charge in [0.1, 0.15) is 0 Å². The van der Waals surface area contributed by atoms with Gasteiger partial charge >= 0.3 is 0 Å². The molecule has 1 aromatic carbocycles. The molecule has 3 rings (SSSR count). The molecule has 16 heavy (non-hydrogen) atoms. The first-order valence-corrected chi connectivity index (χ1v) is 6.29. The summed E-state index contributed by atoms with van der Waals surface area (Å²) >= 11 is 0. The standard InChI is InChI=1S/C15H19N/c1-12-9-14-7-8-15(10-12)16(14)11-13-5-3-2-4-6-13/h2-6,14-15H,1,7-11H2/t14-,15-/m1/s1. The van der Waals surface area contributed by atoms with E-state index in [9.17, 15) is 0 Å². The lowest BCUT2D eigenvalue weighted by atomic mass is 9.97. The minimum Gasteiger partial charge on any atom is -0.293 e.